The molecule has 0 spiro atoms. The van der Waals surface area contributed by atoms with Crippen LogP contribution in [0.4, 0.5) is 5.69 Å². The lowest BCUT2D eigenvalue weighted by Crippen LogP contribution is -2.40. The van der Waals surface area contributed by atoms with Gasteiger partial charge in [0.05, 0.1) is 22.2 Å². The quantitative estimate of drug-likeness (QED) is 0.565. The van der Waals surface area contributed by atoms with E-state index in [1.54, 1.807) is 18.2 Å². The number of hydrogen-bond donors (Lipinski definition) is 0. The minimum Gasteiger partial charge on any atom is -0.482 e. The molecule has 1 amide bonds. The number of anilines is 1. The predicted molar refractivity (Wildman–Crippen MR) is 96.0 cm³/mol. The number of hydrogen-bond acceptors (Lipinski definition) is 4. The molecule has 5 nitrogen and oxygen atoms in total. The number of carbonyl (C=O) groups excluding carboxylic acids is 2. The van der Waals surface area contributed by atoms with E-state index in [-0.39, 0.29) is 41.3 Å². The molecule has 1 aliphatic heterocycles. The zero-order chi connectivity index (χ0) is 18.0. The molecule has 2 aromatic rings. The number of rotatable bonds is 4. The molecule has 8 heteroatoms. The fraction of sp³-hybridized carbons (Fsp3) is 0.176. The van der Waals surface area contributed by atoms with Gasteiger partial charge in [-0.1, -0.05) is 46.9 Å². The third kappa shape index (κ3) is 4.00. The Kier molecular flexibility index (Phi) is 5.37. The summed E-state index contributed by atoms with van der Waals surface area (Å²) in [6, 6.07) is 9.98. The molecule has 0 aliphatic carbocycles. The van der Waals surface area contributed by atoms with Crippen LogP contribution < -0.4 is 14.4 Å². The van der Waals surface area contributed by atoms with Crippen LogP contribution >= 0.6 is 34.8 Å². The summed E-state index contributed by atoms with van der Waals surface area (Å²) in [5.74, 6) is -0.150. The van der Waals surface area contributed by atoms with Crippen molar-refractivity contribution in [3.8, 4) is 11.5 Å². The lowest BCUT2D eigenvalue weighted by Gasteiger charge is -2.29. The topological polar surface area (TPSA) is 55.8 Å². The van der Waals surface area contributed by atoms with E-state index in [0.717, 1.165) is 0 Å². The lowest BCUT2D eigenvalue weighted by atomic mass is 10.2. The number of amides is 1. The highest BCUT2D eigenvalue weighted by Crippen LogP contribution is 2.36. The first kappa shape index (κ1) is 17.9. The smallest absolute Gasteiger partial charge is 0.313 e. The monoisotopic (exact) mass is 399 g/mol. The minimum absolute atomic E-state index is 0.0324. The maximum atomic E-state index is 12.1. The molecule has 1 aliphatic rings. The minimum atomic E-state index is -0.567. The largest absolute Gasteiger partial charge is 0.482 e. The maximum absolute atomic E-state index is 12.1. The Morgan fingerprint density at radius 3 is 2.56 bits per heavy atom. The molecule has 0 saturated carbocycles. The maximum Gasteiger partial charge on any atom is 0.313 e. The van der Waals surface area contributed by atoms with E-state index in [1.165, 1.54) is 17.0 Å². The van der Waals surface area contributed by atoms with Gasteiger partial charge in [-0.05, 0) is 24.3 Å². The van der Waals surface area contributed by atoms with Crippen molar-refractivity contribution in [2.75, 3.05) is 18.1 Å². The molecule has 0 bridgehead atoms. The van der Waals surface area contributed by atoms with Crippen LogP contribution in [-0.4, -0.2) is 25.0 Å². The first-order valence-electron chi connectivity index (χ1n) is 7.33. The van der Waals surface area contributed by atoms with Gasteiger partial charge < -0.3 is 14.4 Å². The molecular formula is C17H12Cl3NO4. The molecule has 0 N–H and O–H groups in total. The van der Waals surface area contributed by atoms with Crippen molar-refractivity contribution >= 4 is 52.4 Å². The number of carbonyl (C=O) groups is 2. The summed E-state index contributed by atoms with van der Waals surface area (Å²) < 4.78 is 10.6. The zero-order valence-corrected chi connectivity index (χ0v) is 15.1. The van der Waals surface area contributed by atoms with Crippen LogP contribution in [0, 0.1) is 0 Å². The second-order valence-corrected chi connectivity index (χ2v) is 6.48. The standard InChI is InChI=1S/C17H12Cl3NO4/c18-10-7-11(19)17(12(20)8-10)25-16(23)5-6-21-13-3-1-2-4-14(13)24-9-15(21)22/h1-4,7-8H,5-6,9H2. The molecule has 130 valence electrons. The van der Waals surface area contributed by atoms with Crippen molar-refractivity contribution in [2.24, 2.45) is 0 Å². The number of halogens is 3. The van der Waals surface area contributed by atoms with Crippen molar-refractivity contribution in [1.29, 1.82) is 0 Å². The summed E-state index contributed by atoms with van der Waals surface area (Å²) in [6.45, 7) is 0.0851. The third-order valence-corrected chi connectivity index (χ3v) is 4.31. The van der Waals surface area contributed by atoms with E-state index in [0.29, 0.717) is 16.5 Å². The number of fused-ring (bicyclic) bond motifs is 1. The molecule has 2 aromatic carbocycles. The summed E-state index contributed by atoms with van der Waals surface area (Å²) in [7, 11) is 0. The van der Waals surface area contributed by atoms with Gasteiger partial charge in [-0.3, -0.25) is 9.59 Å². The van der Waals surface area contributed by atoms with Crippen LogP contribution in [0.3, 0.4) is 0 Å². The second-order valence-electron chi connectivity index (χ2n) is 5.22. The van der Waals surface area contributed by atoms with E-state index < -0.39 is 5.97 Å². The van der Waals surface area contributed by atoms with Crippen molar-refractivity contribution < 1.29 is 19.1 Å². The van der Waals surface area contributed by atoms with Crippen LogP contribution in [-0.2, 0) is 9.59 Å². The number of esters is 1. The van der Waals surface area contributed by atoms with Gasteiger partial charge in [0.1, 0.15) is 5.75 Å². The molecule has 25 heavy (non-hydrogen) atoms. The van der Waals surface area contributed by atoms with E-state index in [4.69, 9.17) is 44.3 Å². The Labute approximate surface area is 159 Å². The van der Waals surface area contributed by atoms with Gasteiger partial charge in [-0.15, -0.1) is 0 Å². The van der Waals surface area contributed by atoms with Gasteiger partial charge >= 0.3 is 5.97 Å². The zero-order valence-electron chi connectivity index (χ0n) is 12.8. The Morgan fingerprint density at radius 2 is 1.84 bits per heavy atom. The summed E-state index contributed by atoms with van der Waals surface area (Å²) in [5.41, 5.74) is 0.620. The first-order chi connectivity index (χ1) is 12.0. The van der Waals surface area contributed by atoms with Crippen LogP contribution in [0.15, 0.2) is 36.4 Å². The van der Waals surface area contributed by atoms with Crippen LogP contribution in [0.25, 0.3) is 0 Å². The number of benzene rings is 2. The highest BCUT2D eigenvalue weighted by Gasteiger charge is 2.26. The average molecular weight is 401 g/mol. The van der Waals surface area contributed by atoms with Crippen LogP contribution in [0.5, 0.6) is 11.5 Å². The van der Waals surface area contributed by atoms with Crippen molar-refractivity contribution in [3.05, 3.63) is 51.5 Å². The van der Waals surface area contributed by atoms with Gasteiger partial charge in [-0.25, -0.2) is 0 Å². The Balaban J connectivity index is 1.68. The molecule has 0 atom stereocenters. The average Bonchev–Trinajstić information content (AvgIpc) is 2.57. The summed E-state index contributed by atoms with van der Waals surface area (Å²) in [5, 5.41) is 0.614. The molecular weight excluding hydrogens is 389 g/mol. The number of nitrogens with zero attached hydrogens (tertiary/aromatic N) is 1. The SMILES string of the molecule is O=C(CCN1C(=O)COc2ccccc21)Oc1c(Cl)cc(Cl)cc1Cl. The highest BCUT2D eigenvalue weighted by molar-refractivity contribution is 6.40. The fourth-order valence-corrected chi connectivity index (χ4v) is 3.29. The van der Waals surface area contributed by atoms with E-state index in [1.807, 2.05) is 6.07 Å². The summed E-state index contributed by atoms with van der Waals surface area (Å²) in [4.78, 5) is 25.7. The normalized spacial score (nSPS) is 13.2. The van der Waals surface area contributed by atoms with Gasteiger partial charge in [0.2, 0.25) is 0 Å². The molecule has 0 radical (unpaired) electrons. The highest BCUT2D eigenvalue weighted by atomic mass is 35.5. The van der Waals surface area contributed by atoms with Gasteiger partial charge in [0.25, 0.3) is 5.91 Å². The summed E-state index contributed by atoms with van der Waals surface area (Å²) >= 11 is 17.8. The third-order valence-electron chi connectivity index (χ3n) is 3.53. The molecule has 3 rings (SSSR count). The molecule has 0 unspecified atom stereocenters. The first-order valence-corrected chi connectivity index (χ1v) is 8.46. The Bertz CT molecular complexity index is 817. The molecule has 0 fully saturated rings. The van der Waals surface area contributed by atoms with Gasteiger partial charge in [0.15, 0.2) is 12.4 Å². The van der Waals surface area contributed by atoms with Crippen LogP contribution in [0.1, 0.15) is 6.42 Å². The van der Waals surface area contributed by atoms with Crippen molar-refractivity contribution in [1.82, 2.24) is 0 Å². The second kappa shape index (κ2) is 7.52. The lowest BCUT2D eigenvalue weighted by molar-refractivity contribution is -0.134. The number of ether oxygens (including phenoxy) is 2. The van der Waals surface area contributed by atoms with Crippen LogP contribution in [0.2, 0.25) is 15.1 Å². The Morgan fingerprint density at radius 1 is 1.16 bits per heavy atom. The predicted octanol–water partition coefficient (Wildman–Crippen LogP) is 4.37. The van der Waals surface area contributed by atoms with E-state index in [2.05, 4.69) is 0 Å². The molecule has 0 saturated heterocycles. The Hall–Kier alpha value is -1.95. The van der Waals surface area contributed by atoms with E-state index in [9.17, 15) is 9.59 Å². The fourth-order valence-electron chi connectivity index (χ4n) is 2.39. The van der Waals surface area contributed by atoms with E-state index >= 15 is 0 Å². The molecule has 0 aromatic heterocycles. The number of para-hydroxylation sites is 2. The van der Waals surface area contributed by atoms with Crippen molar-refractivity contribution in [2.45, 2.75) is 6.42 Å². The van der Waals surface area contributed by atoms with Crippen molar-refractivity contribution in [3.63, 3.8) is 0 Å². The molecule has 1 heterocycles. The van der Waals surface area contributed by atoms with Gasteiger partial charge in [-0.2, -0.15) is 0 Å². The summed E-state index contributed by atoms with van der Waals surface area (Å²) in [6.07, 6.45) is -0.0324. The van der Waals surface area contributed by atoms with Gasteiger partial charge in [0, 0.05) is 11.6 Å².